The molecule has 190 valence electrons. The first-order chi connectivity index (χ1) is 16.3. The Kier molecular flexibility index (Phi) is 8.04. The molecule has 1 aliphatic heterocycles. The van der Waals surface area contributed by atoms with E-state index in [0.29, 0.717) is 24.3 Å². The Morgan fingerprint density at radius 3 is 2.49 bits per heavy atom. The molecule has 1 aliphatic rings. The maximum Gasteiger partial charge on any atom is 0.310 e. The highest BCUT2D eigenvalue weighted by atomic mass is 32.2. The number of halogens is 1. The van der Waals surface area contributed by atoms with Gasteiger partial charge in [0.2, 0.25) is 5.91 Å². The smallest absolute Gasteiger partial charge is 0.310 e. The zero-order chi connectivity index (χ0) is 25.8. The molecular formula is C25H31FN2O6S. The van der Waals surface area contributed by atoms with Crippen molar-refractivity contribution in [2.45, 2.75) is 51.5 Å². The Morgan fingerprint density at radius 2 is 1.86 bits per heavy atom. The predicted molar refractivity (Wildman–Crippen MR) is 129 cm³/mol. The van der Waals surface area contributed by atoms with Crippen LogP contribution in [-0.2, 0) is 30.8 Å². The summed E-state index contributed by atoms with van der Waals surface area (Å²) in [5.74, 6) is -0.824. The number of anilines is 1. The number of benzene rings is 2. The summed E-state index contributed by atoms with van der Waals surface area (Å²) >= 11 is 0. The van der Waals surface area contributed by atoms with E-state index in [-0.39, 0.29) is 41.5 Å². The number of fused-ring (bicyclic) bond motifs is 1. The van der Waals surface area contributed by atoms with Gasteiger partial charge in [0.1, 0.15) is 17.7 Å². The minimum atomic E-state index is -4.06. The van der Waals surface area contributed by atoms with Crippen LogP contribution in [0.4, 0.5) is 10.1 Å². The first kappa shape index (κ1) is 26.5. The van der Waals surface area contributed by atoms with Gasteiger partial charge in [0.25, 0.3) is 10.0 Å². The Balaban J connectivity index is 1.90. The molecule has 0 spiro atoms. The minimum Gasteiger partial charge on any atom is -0.486 e. The van der Waals surface area contributed by atoms with Crippen molar-refractivity contribution in [1.82, 2.24) is 5.32 Å². The number of nitrogens with one attached hydrogen (secondary N) is 1. The Labute approximate surface area is 205 Å². The summed E-state index contributed by atoms with van der Waals surface area (Å²) in [6.45, 7) is 7.84. The van der Waals surface area contributed by atoms with E-state index in [1.54, 1.807) is 18.2 Å². The fourth-order valence-corrected chi connectivity index (χ4v) is 5.00. The molecule has 1 heterocycles. The number of esters is 1. The van der Waals surface area contributed by atoms with E-state index in [2.05, 4.69) is 5.32 Å². The van der Waals surface area contributed by atoms with Gasteiger partial charge in [0.15, 0.2) is 0 Å². The molecule has 0 aliphatic carbocycles. The molecule has 0 fully saturated rings. The maximum atomic E-state index is 13.5. The molecule has 35 heavy (non-hydrogen) atoms. The largest absolute Gasteiger partial charge is 0.486 e. The second-order valence-electron chi connectivity index (χ2n) is 9.70. The topological polar surface area (TPSA) is 102 Å². The van der Waals surface area contributed by atoms with Crippen LogP contribution in [0.2, 0.25) is 0 Å². The molecule has 0 radical (unpaired) electrons. The highest BCUT2D eigenvalue weighted by molar-refractivity contribution is 7.92. The molecule has 0 bridgehead atoms. The van der Waals surface area contributed by atoms with Crippen molar-refractivity contribution < 1.29 is 31.9 Å². The normalized spacial score (nSPS) is 15.7. The van der Waals surface area contributed by atoms with Gasteiger partial charge in [-0.05, 0) is 47.4 Å². The van der Waals surface area contributed by atoms with Crippen molar-refractivity contribution in [3.8, 4) is 5.75 Å². The van der Waals surface area contributed by atoms with Gasteiger partial charge >= 0.3 is 5.97 Å². The molecule has 2 aromatic carbocycles. The number of hydrogen-bond donors (Lipinski definition) is 1. The number of amides is 1. The fourth-order valence-electron chi connectivity index (χ4n) is 3.50. The lowest BCUT2D eigenvalue weighted by atomic mass is 9.99. The van der Waals surface area contributed by atoms with Crippen molar-refractivity contribution >= 4 is 27.6 Å². The van der Waals surface area contributed by atoms with Crippen LogP contribution in [0.5, 0.6) is 5.75 Å². The first-order valence-electron chi connectivity index (χ1n) is 11.3. The summed E-state index contributed by atoms with van der Waals surface area (Å²) in [5, 5.41) is 2.68. The van der Waals surface area contributed by atoms with Crippen molar-refractivity contribution in [3.05, 3.63) is 53.8 Å². The SMILES string of the molecule is CC(=O)NCC[C@H]1CN(S(=O)(=O)c2ccc(F)cc2)c2cc(CC(=O)OCC(C)(C)C)ccc2O1. The van der Waals surface area contributed by atoms with Crippen molar-refractivity contribution in [1.29, 1.82) is 0 Å². The van der Waals surface area contributed by atoms with Gasteiger partial charge in [-0.2, -0.15) is 0 Å². The number of ether oxygens (including phenoxy) is 2. The Bertz CT molecular complexity index is 1180. The van der Waals surface area contributed by atoms with Gasteiger partial charge < -0.3 is 14.8 Å². The van der Waals surface area contributed by atoms with Crippen LogP contribution in [0.3, 0.4) is 0 Å². The maximum absolute atomic E-state index is 13.5. The van der Waals surface area contributed by atoms with Crippen LogP contribution >= 0.6 is 0 Å². The third-order valence-electron chi connectivity index (χ3n) is 5.21. The lowest BCUT2D eigenvalue weighted by Gasteiger charge is -2.36. The molecule has 1 amide bonds. The highest BCUT2D eigenvalue weighted by Gasteiger charge is 2.35. The standard InChI is InChI=1S/C25H31FN2O6S/c1-17(29)27-12-11-20-15-28(35(31,32)21-8-6-19(26)7-9-21)22-13-18(5-10-23(22)34-20)14-24(30)33-16-25(2,3)4/h5-10,13,20H,11-12,14-16H2,1-4H3,(H,27,29)/t20-/m0/s1. The van der Waals surface area contributed by atoms with Crippen molar-refractivity contribution in [2.75, 3.05) is 24.0 Å². The Hall–Kier alpha value is -3.14. The lowest BCUT2D eigenvalue weighted by Crippen LogP contribution is -2.44. The van der Waals surface area contributed by atoms with Crippen molar-refractivity contribution in [2.24, 2.45) is 5.41 Å². The molecular weight excluding hydrogens is 475 g/mol. The Morgan fingerprint density at radius 1 is 1.17 bits per heavy atom. The molecule has 1 atom stereocenters. The van der Waals surface area contributed by atoms with E-state index in [1.165, 1.54) is 23.4 Å². The number of rotatable bonds is 8. The number of nitrogens with zero attached hydrogens (tertiary/aromatic N) is 1. The van der Waals surface area contributed by atoms with Crippen LogP contribution in [-0.4, -0.2) is 46.1 Å². The second-order valence-corrected chi connectivity index (χ2v) is 11.6. The monoisotopic (exact) mass is 506 g/mol. The van der Waals surface area contributed by atoms with Crippen LogP contribution in [0.25, 0.3) is 0 Å². The lowest BCUT2D eigenvalue weighted by molar-refractivity contribution is -0.145. The van der Waals surface area contributed by atoms with Crippen LogP contribution in [0.1, 0.15) is 39.7 Å². The van der Waals surface area contributed by atoms with Gasteiger partial charge in [-0.1, -0.05) is 26.8 Å². The predicted octanol–water partition coefficient (Wildman–Crippen LogP) is 3.44. The van der Waals surface area contributed by atoms with Gasteiger partial charge in [-0.25, -0.2) is 12.8 Å². The quantitative estimate of drug-likeness (QED) is 0.551. The number of hydrogen-bond acceptors (Lipinski definition) is 6. The zero-order valence-electron chi connectivity index (χ0n) is 20.3. The van der Waals surface area contributed by atoms with Gasteiger partial charge in [-0.3, -0.25) is 13.9 Å². The number of sulfonamides is 1. The van der Waals surface area contributed by atoms with E-state index in [4.69, 9.17) is 9.47 Å². The number of carbonyl (C=O) groups excluding carboxylic acids is 2. The van der Waals surface area contributed by atoms with E-state index in [0.717, 1.165) is 12.1 Å². The summed E-state index contributed by atoms with van der Waals surface area (Å²) in [4.78, 5) is 23.5. The molecule has 0 saturated carbocycles. The molecule has 0 unspecified atom stereocenters. The van der Waals surface area contributed by atoms with E-state index >= 15 is 0 Å². The molecule has 1 N–H and O–H groups in total. The number of carbonyl (C=O) groups is 2. The second kappa shape index (κ2) is 10.6. The van der Waals surface area contributed by atoms with Gasteiger partial charge in [0, 0.05) is 19.9 Å². The van der Waals surface area contributed by atoms with E-state index in [1.807, 2.05) is 20.8 Å². The van der Waals surface area contributed by atoms with Crippen LogP contribution in [0.15, 0.2) is 47.4 Å². The molecule has 0 saturated heterocycles. The van der Waals surface area contributed by atoms with Crippen LogP contribution < -0.4 is 14.4 Å². The van der Waals surface area contributed by atoms with Crippen LogP contribution in [0, 0.1) is 11.2 Å². The molecule has 8 nitrogen and oxygen atoms in total. The van der Waals surface area contributed by atoms with Gasteiger partial charge in [-0.15, -0.1) is 0 Å². The highest BCUT2D eigenvalue weighted by Crippen LogP contribution is 2.38. The van der Waals surface area contributed by atoms with Gasteiger partial charge in [0.05, 0.1) is 30.2 Å². The fraction of sp³-hybridized carbons (Fsp3) is 0.440. The summed E-state index contributed by atoms with van der Waals surface area (Å²) in [6.07, 6.45) is -0.165. The molecule has 3 rings (SSSR count). The average molecular weight is 507 g/mol. The van der Waals surface area contributed by atoms with E-state index < -0.39 is 27.9 Å². The molecule has 0 aromatic heterocycles. The minimum absolute atomic E-state index is 0.00970. The van der Waals surface area contributed by atoms with E-state index in [9.17, 15) is 22.4 Å². The summed E-state index contributed by atoms with van der Waals surface area (Å²) in [7, 11) is -4.06. The molecule has 2 aromatic rings. The third-order valence-corrected chi connectivity index (χ3v) is 7.01. The zero-order valence-corrected chi connectivity index (χ0v) is 21.2. The summed E-state index contributed by atoms with van der Waals surface area (Å²) in [5.41, 5.74) is 0.680. The van der Waals surface area contributed by atoms with Crippen molar-refractivity contribution in [3.63, 3.8) is 0 Å². The third kappa shape index (κ3) is 7.17. The summed E-state index contributed by atoms with van der Waals surface area (Å²) < 4.78 is 53.0. The average Bonchev–Trinajstić information content (AvgIpc) is 2.77. The molecule has 10 heteroatoms. The summed E-state index contributed by atoms with van der Waals surface area (Å²) in [6, 6.07) is 9.50. The first-order valence-corrected chi connectivity index (χ1v) is 12.8.